The molecule has 0 aromatic carbocycles. The number of amides is 1. The molecule has 2 aromatic rings. The Morgan fingerprint density at radius 1 is 1.35 bits per heavy atom. The quantitative estimate of drug-likeness (QED) is 0.869. The van der Waals surface area contributed by atoms with Crippen LogP contribution in [0.5, 0.6) is 0 Å². The topological polar surface area (TPSA) is 63.9 Å². The fourth-order valence-electron chi connectivity index (χ4n) is 3.47. The maximum atomic E-state index is 12.8. The van der Waals surface area contributed by atoms with Gasteiger partial charge in [0, 0.05) is 37.1 Å². The zero-order valence-electron chi connectivity index (χ0n) is 13.5. The summed E-state index contributed by atoms with van der Waals surface area (Å²) in [6.07, 6.45) is 8.06. The van der Waals surface area contributed by atoms with Gasteiger partial charge in [-0.1, -0.05) is 13.8 Å². The lowest BCUT2D eigenvalue weighted by molar-refractivity contribution is -0.0384. The summed E-state index contributed by atoms with van der Waals surface area (Å²) in [5.74, 6) is 1.70. The van der Waals surface area contributed by atoms with Crippen LogP contribution in [0, 0.1) is 11.3 Å². The van der Waals surface area contributed by atoms with Crippen molar-refractivity contribution in [1.29, 1.82) is 0 Å². The van der Waals surface area contributed by atoms with Gasteiger partial charge >= 0.3 is 0 Å². The highest BCUT2D eigenvalue weighted by Crippen LogP contribution is 2.48. The van der Waals surface area contributed by atoms with E-state index in [1.165, 1.54) is 12.8 Å². The molecular formula is C17H21N5O. The minimum Gasteiger partial charge on any atom is -0.333 e. The highest BCUT2D eigenvalue weighted by Gasteiger charge is 2.51. The molecule has 0 N–H and O–H groups in total. The molecule has 2 aliphatic rings. The smallest absolute Gasteiger partial charge is 0.275 e. The molecule has 1 amide bonds. The van der Waals surface area contributed by atoms with Gasteiger partial charge in [0.25, 0.3) is 5.91 Å². The number of likely N-dealkylation sites (tertiary alicyclic amines) is 1. The van der Waals surface area contributed by atoms with Crippen LogP contribution >= 0.6 is 0 Å². The van der Waals surface area contributed by atoms with Crippen LogP contribution < -0.4 is 0 Å². The zero-order chi connectivity index (χ0) is 16.0. The fourth-order valence-corrected chi connectivity index (χ4v) is 3.47. The van der Waals surface area contributed by atoms with E-state index in [2.05, 4.69) is 33.6 Å². The molecule has 2 aromatic heterocycles. The minimum atomic E-state index is -0.0663. The lowest BCUT2D eigenvalue weighted by atomic mass is 9.74. The predicted molar refractivity (Wildman–Crippen MR) is 84.5 cm³/mol. The summed E-state index contributed by atoms with van der Waals surface area (Å²) in [4.78, 5) is 19.2. The third-order valence-corrected chi connectivity index (χ3v) is 4.83. The van der Waals surface area contributed by atoms with Crippen molar-refractivity contribution in [3.63, 3.8) is 0 Å². The number of rotatable bonds is 4. The monoisotopic (exact) mass is 311 g/mol. The Kier molecular flexibility index (Phi) is 3.21. The minimum absolute atomic E-state index is 0.00856. The number of hydrogen-bond donors (Lipinski definition) is 0. The number of carbonyl (C=O) groups excluding carboxylic acids is 1. The first-order valence-electron chi connectivity index (χ1n) is 8.16. The molecule has 120 valence electrons. The molecule has 6 nitrogen and oxygen atoms in total. The molecule has 0 spiro atoms. The number of carbonyl (C=O) groups is 1. The van der Waals surface area contributed by atoms with Gasteiger partial charge in [0.1, 0.15) is 5.82 Å². The third kappa shape index (κ3) is 2.52. The predicted octanol–water partition coefficient (Wildman–Crippen LogP) is 2.31. The zero-order valence-corrected chi connectivity index (χ0v) is 13.5. The van der Waals surface area contributed by atoms with E-state index < -0.39 is 0 Å². The first-order chi connectivity index (χ1) is 11.1. The van der Waals surface area contributed by atoms with Gasteiger partial charge < -0.3 is 9.47 Å². The Labute approximate surface area is 135 Å². The van der Waals surface area contributed by atoms with E-state index in [0.717, 1.165) is 18.3 Å². The average Bonchev–Trinajstić information content (AvgIpc) is 3.25. The van der Waals surface area contributed by atoms with Gasteiger partial charge in [-0.15, -0.1) is 5.10 Å². The summed E-state index contributed by atoms with van der Waals surface area (Å²) in [5.41, 5.74) is 0.415. The van der Waals surface area contributed by atoms with Crippen molar-refractivity contribution in [2.75, 3.05) is 6.54 Å². The number of aromatic nitrogens is 4. The third-order valence-electron chi connectivity index (χ3n) is 4.83. The first kappa shape index (κ1) is 14.4. The molecule has 23 heavy (non-hydrogen) atoms. The van der Waals surface area contributed by atoms with Gasteiger partial charge in [-0.3, -0.25) is 4.79 Å². The average molecular weight is 311 g/mol. The van der Waals surface area contributed by atoms with Crippen molar-refractivity contribution in [1.82, 2.24) is 24.6 Å². The van der Waals surface area contributed by atoms with Crippen LogP contribution in [0.1, 0.15) is 49.0 Å². The molecule has 1 saturated carbocycles. The van der Waals surface area contributed by atoms with Crippen LogP contribution in [0.15, 0.2) is 30.7 Å². The number of nitrogens with zero attached hydrogens (tertiary/aromatic N) is 5. The Hall–Kier alpha value is -2.24. The van der Waals surface area contributed by atoms with E-state index in [9.17, 15) is 4.79 Å². The molecule has 2 fully saturated rings. The maximum Gasteiger partial charge on any atom is 0.275 e. The van der Waals surface area contributed by atoms with Gasteiger partial charge in [0.2, 0.25) is 0 Å². The highest BCUT2D eigenvalue weighted by molar-refractivity contribution is 5.93. The van der Waals surface area contributed by atoms with Gasteiger partial charge in [-0.25, -0.2) is 4.98 Å². The molecule has 0 radical (unpaired) electrons. The molecule has 1 aliphatic carbocycles. The summed E-state index contributed by atoms with van der Waals surface area (Å²) in [7, 11) is 0. The van der Waals surface area contributed by atoms with Crippen molar-refractivity contribution >= 4 is 5.91 Å². The Morgan fingerprint density at radius 3 is 2.83 bits per heavy atom. The van der Waals surface area contributed by atoms with E-state index in [1.807, 2.05) is 17.3 Å². The summed E-state index contributed by atoms with van der Waals surface area (Å²) in [6.45, 7) is 6.10. The molecule has 1 atom stereocenters. The van der Waals surface area contributed by atoms with Crippen molar-refractivity contribution in [3.05, 3.63) is 42.2 Å². The lowest BCUT2D eigenvalue weighted by Crippen LogP contribution is -2.58. The fraction of sp³-hybridized carbons (Fsp3) is 0.529. The van der Waals surface area contributed by atoms with Crippen molar-refractivity contribution < 1.29 is 4.79 Å². The van der Waals surface area contributed by atoms with Crippen LogP contribution in [0.2, 0.25) is 0 Å². The van der Waals surface area contributed by atoms with E-state index in [-0.39, 0.29) is 17.4 Å². The Bertz CT molecular complexity index is 720. The molecule has 4 rings (SSSR count). The van der Waals surface area contributed by atoms with Crippen LogP contribution in [0.25, 0.3) is 0 Å². The molecule has 6 heteroatoms. The van der Waals surface area contributed by atoms with E-state index in [0.29, 0.717) is 12.2 Å². The molecule has 1 unspecified atom stereocenters. The lowest BCUT2D eigenvalue weighted by Gasteiger charge is -2.53. The number of imidazole rings is 1. The van der Waals surface area contributed by atoms with Crippen molar-refractivity contribution in [2.45, 2.75) is 39.3 Å². The largest absolute Gasteiger partial charge is 0.333 e. The Morgan fingerprint density at radius 2 is 2.17 bits per heavy atom. The van der Waals surface area contributed by atoms with E-state index in [4.69, 9.17) is 0 Å². The van der Waals surface area contributed by atoms with Gasteiger partial charge in [0.05, 0.1) is 6.04 Å². The van der Waals surface area contributed by atoms with E-state index in [1.54, 1.807) is 18.3 Å². The second-order valence-corrected chi connectivity index (χ2v) is 7.31. The molecule has 3 heterocycles. The summed E-state index contributed by atoms with van der Waals surface area (Å²) < 4.78 is 2.22. The Balaban J connectivity index is 1.62. The van der Waals surface area contributed by atoms with Gasteiger partial charge in [-0.05, 0) is 30.9 Å². The molecular weight excluding hydrogens is 290 g/mol. The SMILES string of the molecule is CC1(C)CN(C(=O)c2cccnn2)C1c1nccn1CC1CC1. The van der Waals surface area contributed by atoms with Gasteiger partial charge in [0.15, 0.2) is 5.69 Å². The van der Waals surface area contributed by atoms with Crippen molar-refractivity contribution in [2.24, 2.45) is 11.3 Å². The number of hydrogen-bond acceptors (Lipinski definition) is 4. The molecule has 1 saturated heterocycles. The van der Waals surface area contributed by atoms with Crippen LogP contribution in [-0.4, -0.2) is 37.1 Å². The summed E-state index contributed by atoms with van der Waals surface area (Å²) in [5, 5.41) is 7.78. The standard InChI is InChI=1S/C17H21N5O/c1-17(2)11-22(16(23)13-4-3-7-19-20-13)14(17)15-18-8-9-21(15)10-12-5-6-12/h3-4,7-9,12,14H,5-6,10-11H2,1-2H3. The second kappa shape index (κ2) is 5.15. The highest BCUT2D eigenvalue weighted by atomic mass is 16.2. The molecule has 1 aliphatic heterocycles. The van der Waals surface area contributed by atoms with Crippen LogP contribution in [0.3, 0.4) is 0 Å². The second-order valence-electron chi connectivity index (χ2n) is 7.31. The first-order valence-corrected chi connectivity index (χ1v) is 8.16. The summed E-state index contributed by atoms with van der Waals surface area (Å²) >= 11 is 0. The van der Waals surface area contributed by atoms with Crippen molar-refractivity contribution in [3.8, 4) is 0 Å². The van der Waals surface area contributed by atoms with E-state index >= 15 is 0 Å². The van der Waals surface area contributed by atoms with Gasteiger partial charge in [-0.2, -0.15) is 5.10 Å². The van der Waals surface area contributed by atoms with Crippen LogP contribution in [-0.2, 0) is 6.54 Å². The molecule has 0 bridgehead atoms. The maximum absolute atomic E-state index is 12.8. The summed E-state index contributed by atoms with van der Waals surface area (Å²) in [6, 6.07) is 3.45. The van der Waals surface area contributed by atoms with Crippen LogP contribution in [0.4, 0.5) is 0 Å². The normalized spacial score (nSPS) is 22.7.